The summed E-state index contributed by atoms with van der Waals surface area (Å²) >= 11 is 0. The van der Waals surface area contributed by atoms with Crippen LogP contribution < -0.4 is 5.32 Å². The molecule has 2 rings (SSSR count). The van der Waals surface area contributed by atoms with Crippen LogP contribution in [0.15, 0.2) is 0 Å². The largest absolute Gasteiger partial charge is 0.314 e. The maximum atomic E-state index is 3.53. The van der Waals surface area contributed by atoms with Crippen molar-refractivity contribution in [2.45, 2.75) is 57.5 Å². The van der Waals surface area contributed by atoms with Crippen molar-refractivity contribution >= 4 is 0 Å². The third-order valence-corrected chi connectivity index (χ3v) is 4.24. The minimum Gasteiger partial charge on any atom is -0.314 e. The molecule has 1 N–H and O–H groups in total. The van der Waals surface area contributed by atoms with Gasteiger partial charge in [0.1, 0.15) is 0 Å². The molecule has 0 aromatic carbocycles. The van der Waals surface area contributed by atoms with E-state index in [2.05, 4.69) is 24.2 Å². The number of hydrogen-bond acceptors (Lipinski definition) is 2. The highest BCUT2D eigenvalue weighted by molar-refractivity contribution is 4.82. The second kappa shape index (κ2) is 5.31. The molecule has 2 fully saturated rings. The van der Waals surface area contributed by atoms with Crippen LogP contribution in [0.5, 0.6) is 0 Å². The molecule has 0 spiro atoms. The Morgan fingerprint density at radius 3 is 2.60 bits per heavy atom. The van der Waals surface area contributed by atoms with Gasteiger partial charge in [-0.1, -0.05) is 12.8 Å². The molecule has 2 heteroatoms. The zero-order valence-corrected chi connectivity index (χ0v) is 10.3. The van der Waals surface area contributed by atoms with E-state index >= 15 is 0 Å². The first-order valence-electron chi connectivity index (χ1n) is 6.69. The lowest BCUT2D eigenvalue weighted by molar-refractivity contribution is 0.157. The van der Waals surface area contributed by atoms with Crippen LogP contribution in [0.4, 0.5) is 0 Å². The van der Waals surface area contributed by atoms with Gasteiger partial charge in [0.2, 0.25) is 0 Å². The average Bonchev–Trinajstić information content (AvgIpc) is 2.70. The minimum absolute atomic E-state index is 0.717. The molecule has 88 valence electrons. The molecule has 2 nitrogen and oxygen atoms in total. The van der Waals surface area contributed by atoms with E-state index in [0.717, 1.165) is 18.0 Å². The Morgan fingerprint density at radius 1 is 1.20 bits per heavy atom. The third-order valence-electron chi connectivity index (χ3n) is 4.24. The van der Waals surface area contributed by atoms with Crippen molar-refractivity contribution in [3.8, 4) is 0 Å². The summed E-state index contributed by atoms with van der Waals surface area (Å²) in [6.07, 6.45) is 8.58. The topological polar surface area (TPSA) is 15.3 Å². The molecule has 0 radical (unpaired) electrons. The molecule has 2 unspecified atom stereocenters. The predicted molar refractivity (Wildman–Crippen MR) is 65.1 cm³/mol. The zero-order chi connectivity index (χ0) is 10.7. The second-order valence-electron chi connectivity index (χ2n) is 5.62. The summed E-state index contributed by atoms with van der Waals surface area (Å²) in [4.78, 5) is 2.63. The molecule has 0 aromatic rings. The Bertz CT molecular complexity index is 187. The first-order valence-corrected chi connectivity index (χ1v) is 6.69. The highest BCUT2D eigenvalue weighted by Gasteiger charge is 2.24. The van der Waals surface area contributed by atoms with Crippen molar-refractivity contribution in [3.05, 3.63) is 0 Å². The molecular weight excluding hydrogens is 184 g/mol. The molecule has 15 heavy (non-hydrogen) atoms. The summed E-state index contributed by atoms with van der Waals surface area (Å²) in [6.45, 7) is 4.87. The zero-order valence-electron chi connectivity index (χ0n) is 10.3. The molecule has 1 saturated heterocycles. The van der Waals surface area contributed by atoms with E-state index in [1.165, 1.54) is 51.6 Å². The van der Waals surface area contributed by atoms with Gasteiger partial charge in [-0.3, -0.25) is 0 Å². The highest BCUT2D eigenvalue weighted by Crippen LogP contribution is 2.26. The maximum Gasteiger partial charge on any atom is 0.0119 e. The lowest BCUT2D eigenvalue weighted by Crippen LogP contribution is -2.46. The van der Waals surface area contributed by atoms with Crippen LogP contribution >= 0.6 is 0 Å². The fourth-order valence-electron chi connectivity index (χ4n) is 3.26. The summed E-state index contributed by atoms with van der Waals surface area (Å²) in [5, 5.41) is 3.53. The molecule has 0 bridgehead atoms. The summed E-state index contributed by atoms with van der Waals surface area (Å²) in [5.41, 5.74) is 0. The minimum atomic E-state index is 0.717. The molecule has 1 saturated carbocycles. The summed E-state index contributed by atoms with van der Waals surface area (Å²) < 4.78 is 0. The van der Waals surface area contributed by atoms with Gasteiger partial charge in [0.15, 0.2) is 0 Å². The van der Waals surface area contributed by atoms with Crippen molar-refractivity contribution in [3.63, 3.8) is 0 Å². The smallest absolute Gasteiger partial charge is 0.0119 e. The van der Waals surface area contributed by atoms with Gasteiger partial charge in [-0.25, -0.2) is 0 Å². The van der Waals surface area contributed by atoms with Crippen LogP contribution in [-0.2, 0) is 0 Å². The third kappa shape index (κ3) is 3.18. The van der Waals surface area contributed by atoms with E-state index < -0.39 is 0 Å². The first kappa shape index (κ1) is 11.4. The molecular formula is C13H26N2. The average molecular weight is 210 g/mol. The van der Waals surface area contributed by atoms with E-state index in [1.54, 1.807) is 0 Å². The number of nitrogens with zero attached hydrogens (tertiary/aromatic N) is 1. The van der Waals surface area contributed by atoms with Crippen molar-refractivity contribution in [2.75, 3.05) is 20.1 Å². The Labute approximate surface area is 94.4 Å². The molecule has 0 aromatic heterocycles. The quantitative estimate of drug-likeness (QED) is 0.768. The van der Waals surface area contributed by atoms with E-state index in [1.807, 2.05) is 0 Å². The first-order chi connectivity index (χ1) is 7.25. The maximum absolute atomic E-state index is 3.53. The highest BCUT2D eigenvalue weighted by atomic mass is 15.1. The lowest BCUT2D eigenvalue weighted by Gasteiger charge is -2.36. The van der Waals surface area contributed by atoms with E-state index in [-0.39, 0.29) is 0 Å². The van der Waals surface area contributed by atoms with Crippen molar-refractivity contribution in [2.24, 2.45) is 5.92 Å². The Kier molecular flexibility index (Phi) is 4.04. The lowest BCUT2D eigenvalue weighted by atomic mass is 9.98. The van der Waals surface area contributed by atoms with Gasteiger partial charge < -0.3 is 10.2 Å². The Morgan fingerprint density at radius 2 is 1.93 bits per heavy atom. The van der Waals surface area contributed by atoms with E-state index in [0.29, 0.717) is 0 Å². The Hall–Kier alpha value is -0.0800. The number of nitrogens with one attached hydrogen (secondary N) is 1. The Balaban J connectivity index is 1.76. The molecule has 0 amide bonds. The monoisotopic (exact) mass is 210 g/mol. The summed E-state index contributed by atoms with van der Waals surface area (Å²) in [6, 6.07) is 1.55. The van der Waals surface area contributed by atoms with Gasteiger partial charge in [-0.2, -0.15) is 0 Å². The molecule has 2 atom stereocenters. The molecule has 1 heterocycles. The van der Waals surface area contributed by atoms with Crippen LogP contribution in [0, 0.1) is 5.92 Å². The molecule has 1 aliphatic carbocycles. The van der Waals surface area contributed by atoms with Gasteiger partial charge in [-0.15, -0.1) is 0 Å². The summed E-state index contributed by atoms with van der Waals surface area (Å²) in [7, 11) is 2.33. The number of piperidine rings is 1. The van der Waals surface area contributed by atoms with Crippen molar-refractivity contribution in [1.82, 2.24) is 10.2 Å². The number of rotatable bonds is 3. The standard InChI is InChI=1S/C13H26N2/c1-11-9-13(7-8-14-11)15(2)10-12-5-3-4-6-12/h11-14H,3-10H2,1-2H3. The van der Waals surface area contributed by atoms with Crippen molar-refractivity contribution < 1.29 is 0 Å². The van der Waals surface area contributed by atoms with Gasteiger partial charge in [0.05, 0.1) is 0 Å². The van der Waals surface area contributed by atoms with E-state index in [9.17, 15) is 0 Å². The van der Waals surface area contributed by atoms with Gasteiger partial charge in [0, 0.05) is 18.6 Å². The van der Waals surface area contributed by atoms with Gasteiger partial charge in [0.25, 0.3) is 0 Å². The predicted octanol–water partition coefficient (Wildman–Crippen LogP) is 2.25. The van der Waals surface area contributed by atoms with Crippen LogP contribution in [0.2, 0.25) is 0 Å². The van der Waals surface area contributed by atoms with Crippen LogP contribution in [0.1, 0.15) is 45.4 Å². The van der Waals surface area contributed by atoms with Crippen molar-refractivity contribution in [1.29, 1.82) is 0 Å². The SMILES string of the molecule is CC1CC(N(C)CC2CCCC2)CCN1. The van der Waals surface area contributed by atoms with E-state index in [4.69, 9.17) is 0 Å². The molecule has 1 aliphatic heterocycles. The normalized spacial score (nSPS) is 33.8. The number of hydrogen-bond donors (Lipinski definition) is 1. The van der Waals surface area contributed by atoms with Crippen LogP contribution in [0.25, 0.3) is 0 Å². The fourth-order valence-corrected chi connectivity index (χ4v) is 3.26. The summed E-state index contributed by atoms with van der Waals surface area (Å²) in [5.74, 6) is 1.00. The second-order valence-corrected chi connectivity index (χ2v) is 5.62. The fraction of sp³-hybridized carbons (Fsp3) is 1.00. The van der Waals surface area contributed by atoms with Crippen LogP contribution in [0.3, 0.4) is 0 Å². The van der Waals surface area contributed by atoms with Gasteiger partial charge in [-0.05, 0) is 52.1 Å². The van der Waals surface area contributed by atoms with Crippen LogP contribution in [-0.4, -0.2) is 37.1 Å². The van der Waals surface area contributed by atoms with Gasteiger partial charge >= 0.3 is 0 Å². The molecule has 2 aliphatic rings.